The average Bonchev–Trinajstić information content (AvgIpc) is 2.96. The van der Waals surface area contributed by atoms with E-state index in [0.29, 0.717) is 38.6 Å². The molecular formula is C15H10Cl2N2O3. The van der Waals surface area contributed by atoms with Gasteiger partial charge in [-0.15, -0.1) is 0 Å². The summed E-state index contributed by atoms with van der Waals surface area (Å²) in [6.07, 6.45) is 0. The van der Waals surface area contributed by atoms with Crippen LogP contribution in [0.4, 0.5) is 0 Å². The molecule has 0 spiro atoms. The molecule has 1 aromatic heterocycles. The Labute approximate surface area is 136 Å². The van der Waals surface area contributed by atoms with Crippen molar-refractivity contribution in [1.82, 2.24) is 10.1 Å². The van der Waals surface area contributed by atoms with Crippen molar-refractivity contribution in [3.63, 3.8) is 0 Å². The van der Waals surface area contributed by atoms with Gasteiger partial charge in [0.05, 0.1) is 7.11 Å². The Kier molecular flexibility index (Phi) is 3.92. The minimum absolute atomic E-state index is 0.0385. The molecule has 0 aliphatic heterocycles. The van der Waals surface area contributed by atoms with Crippen molar-refractivity contribution in [1.29, 1.82) is 0 Å². The number of phenols is 1. The quantitative estimate of drug-likeness (QED) is 0.766. The number of hydrogen-bond donors (Lipinski definition) is 1. The number of rotatable bonds is 3. The van der Waals surface area contributed by atoms with E-state index >= 15 is 0 Å². The van der Waals surface area contributed by atoms with Crippen LogP contribution >= 0.6 is 23.2 Å². The Morgan fingerprint density at radius 3 is 2.45 bits per heavy atom. The summed E-state index contributed by atoms with van der Waals surface area (Å²) in [5.74, 6) is 1.03. The monoisotopic (exact) mass is 336 g/mol. The van der Waals surface area contributed by atoms with Crippen LogP contribution in [0.15, 0.2) is 40.9 Å². The van der Waals surface area contributed by atoms with Gasteiger partial charge in [-0.05, 0) is 36.4 Å². The summed E-state index contributed by atoms with van der Waals surface area (Å²) in [5.41, 5.74) is 1.28. The van der Waals surface area contributed by atoms with Gasteiger partial charge >= 0.3 is 0 Å². The van der Waals surface area contributed by atoms with Gasteiger partial charge in [-0.1, -0.05) is 28.4 Å². The number of aromatic nitrogens is 2. The van der Waals surface area contributed by atoms with E-state index in [2.05, 4.69) is 10.1 Å². The number of aromatic hydroxyl groups is 1. The molecule has 0 saturated carbocycles. The summed E-state index contributed by atoms with van der Waals surface area (Å²) < 4.78 is 10.3. The van der Waals surface area contributed by atoms with E-state index in [0.717, 1.165) is 0 Å². The number of benzene rings is 2. The molecule has 5 nitrogen and oxygen atoms in total. The van der Waals surface area contributed by atoms with Crippen molar-refractivity contribution in [3.05, 3.63) is 46.4 Å². The van der Waals surface area contributed by atoms with Crippen molar-refractivity contribution in [2.45, 2.75) is 0 Å². The number of halogens is 2. The second-order valence-corrected chi connectivity index (χ2v) is 5.34. The minimum atomic E-state index is 0.0385. The number of phenolic OH excluding ortho intramolecular Hbond substituents is 1. The van der Waals surface area contributed by atoms with E-state index in [1.165, 1.54) is 13.2 Å². The molecule has 3 aromatic rings. The lowest BCUT2D eigenvalue weighted by Crippen LogP contribution is -1.86. The summed E-state index contributed by atoms with van der Waals surface area (Å²) in [7, 11) is 1.47. The molecule has 0 aliphatic carbocycles. The predicted molar refractivity (Wildman–Crippen MR) is 83.4 cm³/mol. The molecule has 7 heteroatoms. The van der Waals surface area contributed by atoms with Gasteiger partial charge in [-0.3, -0.25) is 0 Å². The highest BCUT2D eigenvalue weighted by Gasteiger charge is 2.13. The molecule has 1 heterocycles. The molecule has 0 amide bonds. The molecule has 0 aliphatic rings. The summed E-state index contributed by atoms with van der Waals surface area (Å²) in [5, 5.41) is 14.5. The SMILES string of the molecule is COc1cc(-c2noc(-c3cc(Cl)cc(Cl)c3)n2)ccc1O. The van der Waals surface area contributed by atoms with Crippen molar-refractivity contribution < 1.29 is 14.4 Å². The fourth-order valence-corrected chi connectivity index (χ4v) is 2.48. The van der Waals surface area contributed by atoms with Crippen LogP contribution in [-0.4, -0.2) is 22.4 Å². The molecule has 0 unspecified atom stereocenters. The van der Waals surface area contributed by atoms with Gasteiger partial charge in [0.2, 0.25) is 5.82 Å². The first-order chi connectivity index (χ1) is 10.6. The van der Waals surface area contributed by atoms with E-state index in [4.69, 9.17) is 32.5 Å². The zero-order valence-corrected chi connectivity index (χ0v) is 12.9. The van der Waals surface area contributed by atoms with Crippen LogP contribution in [0.1, 0.15) is 0 Å². The van der Waals surface area contributed by atoms with Crippen LogP contribution in [0.3, 0.4) is 0 Å². The van der Waals surface area contributed by atoms with Gasteiger partial charge in [0, 0.05) is 21.2 Å². The van der Waals surface area contributed by atoms with Crippen LogP contribution < -0.4 is 4.74 Å². The summed E-state index contributed by atoms with van der Waals surface area (Å²) >= 11 is 11.9. The van der Waals surface area contributed by atoms with Crippen molar-refractivity contribution >= 4 is 23.2 Å². The maximum absolute atomic E-state index is 9.61. The Bertz CT molecular complexity index is 813. The lowest BCUT2D eigenvalue weighted by atomic mass is 10.2. The first-order valence-electron chi connectivity index (χ1n) is 6.24. The summed E-state index contributed by atoms with van der Waals surface area (Å²) in [6, 6.07) is 9.77. The lowest BCUT2D eigenvalue weighted by molar-refractivity contribution is 0.373. The fraction of sp³-hybridized carbons (Fsp3) is 0.0667. The van der Waals surface area contributed by atoms with Gasteiger partial charge in [-0.2, -0.15) is 4.98 Å². The van der Waals surface area contributed by atoms with Crippen molar-refractivity contribution in [2.75, 3.05) is 7.11 Å². The molecule has 0 saturated heterocycles. The largest absolute Gasteiger partial charge is 0.504 e. The Morgan fingerprint density at radius 2 is 1.77 bits per heavy atom. The van der Waals surface area contributed by atoms with Gasteiger partial charge in [-0.25, -0.2) is 0 Å². The molecule has 112 valence electrons. The third kappa shape index (κ3) is 2.86. The number of methoxy groups -OCH3 is 1. The normalized spacial score (nSPS) is 10.7. The second-order valence-electron chi connectivity index (χ2n) is 4.47. The fourth-order valence-electron chi connectivity index (χ4n) is 1.95. The first-order valence-corrected chi connectivity index (χ1v) is 7.00. The van der Waals surface area contributed by atoms with E-state index in [1.807, 2.05) is 0 Å². The lowest BCUT2D eigenvalue weighted by Gasteiger charge is -2.03. The van der Waals surface area contributed by atoms with Crippen LogP contribution in [-0.2, 0) is 0 Å². The summed E-state index contributed by atoms with van der Waals surface area (Å²) in [4.78, 5) is 4.31. The molecule has 22 heavy (non-hydrogen) atoms. The highest BCUT2D eigenvalue weighted by molar-refractivity contribution is 6.35. The Morgan fingerprint density at radius 1 is 1.05 bits per heavy atom. The molecule has 1 N–H and O–H groups in total. The predicted octanol–water partition coefficient (Wildman–Crippen LogP) is 4.42. The number of nitrogens with zero attached hydrogens (tertiary/aromatic N) is 2. The number of hydrogen-bond acceptors (Lipinski definition) is 5. The zero-order chi connectivity index (χ0) is 15.7. The van der Waals surface area contributed by atoms with E-state index in [1.54, 1.807) is 30.3 Å². The topological polar surface area (TPSA) is 68.4 Å². The second kappa shape index (κ2) is 5.87. The third-order valence-corrected chi connectivity index (χ3v) is 3.41. The molecule has 0 atom stereocenters. The molecule has 2 aromatic carbocycles. The summed E-state index contributed by atoms with van der Waals surface area (Å²) in [6.45, 7) is 0. The van der Waals surface area contributed by atoms with Crippen LogP contribution in [0, 0.1) is 0 Å². The third-order valence-electron chi connectivity index (χ3n) is 2.97. The number of ether oxygens (including phenoxy) is 1. The Balaban J connectivity index is 2.00. The maximum Gasteiger partial charge on any atom is 0.258 e. The standard InChI is InChI=1S/C15H10Cl2N2O3/c1-21-13-6-8(2-3-12(13)20)14-18-15(22-19-14)9-4-10(16)7-11(17)5-9/h2-7,20H,1H3. The maximum atomic E-state index is 9.61. The first kappa shape index (κ1) is 14.7. The molecule has 0 radical (unpaired) electrons. The van der Waals surface area contributed by atoms with Crippen LogP contribution in [0.25, 0.3) is 22.8 Å². The molecular weight excluding hydrogens is 327 g/mol. The average molecular weight is 337 g/mol. The van der Waals surface area contributed by atoms with Gasteiger partial charge < -0.3 is 14.4 Å². The van der Waals surface area contributed by atoms with Crippen molar-refractivity contribution in [2.24, 2.45) is 0 Å². The Hall–Kier alpha value is -2.24. The van der Waals surface area contributed by atoms with Crippen LogP contribution in [0.5, 0.6) is 11.5 Å². The zero-order valence-electron chi connectivity index (χ0n) is 11.4. The van der Waals surface area contributed by atoms with Gasteiger partial charge in [0.15, 0.2) is 11.5 Å². The highest BCUT2D eigenvalue weighted by Crippen LogP contribution is 2.32. The van der Waals surface area contributed by atoms with Gasteiger partial charge in [0.1, 0.15) is 0 Å². The van der Waals surface area contributed by atoms with Gasteiger partial charge in [0.25, 0.3) is 5.89 Å². The van der Waals surface area contributed by atoms with E-state index in [-0.39, 0.29) is 5.75 Å². The highest BCUT2D eigenvalue weighted by atomic mass is 35.5. The molecule has 0 bridgehead atoms. The molecule has 0 fully saturated rings. The van der Waals surface area contributed by atoms with Crippen molar-refractivity contribution in [3.8, 4) is 34.3 Å². The van der Waals surface area contributed by atoms with E-state index < -0.39 is 0 Å². The van der Waals surface area contributed by atoms with E-state index in [9.17, 15) is 5.11 Å². The molecule has 3 rings (SSSR count). The van der Waals surface area contributed by atoms with Crippen LogP contribution in [0.2, 0.25) is 10.0 Å². The smallest absolute Gasteiger partial charge is 0.258 e. The minimum Gasteiger partial charge on any atom is -0.504 e.